The van der Waals surface area contributed by atoms with Crippen molar-refractivity contribution in [3.05, 3.63) is 46.6 Å². The van der Waals surface area contributed by atoms with E-state index in [4.69, 9.17) is 16.0 Å². The highest BCUT2D eigenvalue weighted by Gasteiger charge is 2.23. The molecule has 0 saturated carbocycles. The molecule has 2 rings (SSSR count). The van der Waals surface area contributed by atoms with Crippen LogP contribution in [0.15, 0.2) is 28.7 Å². The number of amides is 1. The van der Waals surface area contributed by atoms with Gasteiger partial charge in [-0.1, -0.05) is 38.4 Å². The number of aryl methyl sites for hydroxylation is 1. The molecular formula is C16H19ClN2O2. The molecule has 1 heterocycles. The zero-order chi connectivity index (χ0) is 15.6. The molecule has 0 radical (unpaired) electrons. The highest BCUT2D eigenvalue weighted by molar-refractivity contribution is 6.30. The number of carbonyl (C=O) groups is 1. The van der Waals surface area contributed by atoms with Crippen molar-refractivity contribution in [2.24, 2.45) is 0 Å². The first kappa shape index (κ1) is 15.6. The summed E-state index contributed by atoms with van der Waals surface area (Å²) in [7, 11) is 0. The van der Waals surface area contributed by atoms with E-state index in [1.54, 1.807) is 24.3 Å². The number of anilines is 1. The van der Waals surface area contributed by atoms with Crippen LogP contribution in [0.5, 0.6) is 0 Å². The molecule has 0 saturated heterocycles. The Bertz CT molecular complexity index is 657. The van der Waals surface area contributed by atoms with Crippen molar-refractivity contribution in [3.8, 4) is 0 Å². The SMILES string of the molecule is Cc1nc(C(C)(C)C)oc1CC(=O)Nc1cccc(Cl)c1. The van der Waals surface area contributed by atoms with Gasteiger partial charge in [-0.15, -0.1) is 0 Å². The molecular weight excluding hydrogens is 288 g/mol. The molecule has 1 N–H and O–H groups in total. The Kier molecular flexibility index (Phi) is 4.37. The van der Waals surface area contributed by atoms with E-state index in [0.717, 1.165) is 5.69 Å². The summed E-state index contributed by atoms with van der Waals surface area (Å²) in [4.78, 5) is 16.5. The van der Waals surface area contributed by atoms with Crippen LogP contribution in [0.2, 0.25) is 5.02 Å². The number of carbonyl (C=O) groups excluding carboxylic acids is 1. The molecule has 0 bridgehead atoms. The van der Waals surface area contributed by atoms with Crippen LogP contribution >= 0.6 is 11.6 Å². The Morgan fingerprint density at radius 2 is 2.10 bits per heavy atom. The van der Waals surface area contributed by atoms with Crippen LogP contribution < -0.4 is 5.32 Å². The zero-order valence-corrected chi connectivity index (χ0v) is 13.4. The van der Waals surface area contributed by atoms with Gasteiger partial charge in [0.2, 0.25) is 5.91 Å². The maximum atomic E-state index is 12.1. The average Bonchev–Trinajstić information content (AvgIpc) is 2.70. The van der Waals surface area contributed by atoms with Gasteiger partial charge in [-0.2, -0.15) is 0 Å². The Hall–Kier alpha value is -1.81. The molecule has 0 fully saturated rings. The van der Waals surface area contributed by atoms with Crippen molar-refractivity contribution >= 4 is 23.2 Å². The van der Waals surface area contributed by atoms with Gasteiger partial charge in [0.05, 0.1) is 12.1 Å². The molecule has 0 aliphatic carbocycles. The van der Waals surface area contributed by atoms with Crippen LogP contribution in [0.25, 0.3) is 0 Å². The summed E-state index contributed by atoms with van der Waals surface area (Å²) in [5.41, 5.74) is 1.24. The van der Waals surface area contributed by atoms with E-state index >= 15 is 0 Å². The Labute approximate surface area is 129 Å². The molecule has 0 spiro atoms. The van der Waals surface area contributed by atoms with Crippen molar-refractivity contribution in [3.63, 3.8) is 0 Å². The minimum atomic E-state index is -0.174. The van der Waals surface area contributed by atoms with Crippen molar-refractivity contribution in [1.29, 1.82) is 0 Å². The van der Waals surface area contributed by atoms with Gasteiger partial charge in [0.1, 0.15) is 5.76 Å². The van der Waals surface area contributed by atoms with Crippen molar-refractivity contribution in [2.45, 2.75) is 39.5 Å². The summed E-state index contributed by atoms with van der Waals surface area (Å²) >= 11 is 5.89. The predicted molar refractivity (Wildman–Crippen MR) is 83.7 cm³/mol. The van der Waals surface area contributed by atoms with Gasteiger partial charge >= 0.3 is 0 Å². The molecule has 1 aromatic heterocycles. The van der Waals surface area contributed by atoms with Gasteiger partial charge in [-0.25, -0.2) is 4.98 Å². The number of oxazole rings is 1. The Morgan fingerprint density at radius 3 is 2.67 bits per heavy atom. The minimum Gasteiger partial charge on any atom is -0.444 e. The Morgan fingerprint density at radius 1 is 1.38 bits per heavy atom. The molecule has 2 aromatic rings. The molecule has 112 valence electrons. The minimum absolute atomic E-state index is 0.154. The normalized spacial score (nSPS) is 11.5. The molecule has 5 heteroatoms. The lowest BCUT2D eigenvalue weighted by atomic mass is 9.97. The van der Waals surface area contributed by atoms with Gasteiger partial charge in [0.25, 0.3) is 0 Å². The van der Waals surface area contributed by atoms with Crippen molar-refractivity contribution in [2.75, 3.05) is 5.32 Å². The lowest BCUT2D eigenvalue weighted by Crippen LogP contribution is -2.14. The van der Waals surface area contributed by atoms with Crippen molar-refractivity contribution < 1.29 is 9.21 Å². The highest BCUT2D eigenvalue weighted by Crippen LogP contribution is 2.24. The largest absolute Gasteiger partial charge is 0.444 e. The van der Waals surface area contributed by atoms with E-state index in [-0.39, 0.29) is 17.7 Å². The monoisotopic (exact) mass is 306 g/mol. The second-order valence-electron chi connectivity index (χ2n) is 6.01. The lowest BCUT2D eigenvalue weighted by Gasteiger charge is -2.12. The maximum Gasteiger partial charge on any atom is 0.232 e. The summed E-state index contributed by atoms with van der Waals surface area (Å²) < 4.78 is 5.71. The van der Waals surface area contributed by atoms with Gasteiger partial charge in [0.15, 0.2) is 5.89 Å². The number of aromatic nitrogens is 1. The number of rotatable bonds is 3. The quantitative estimate of drug-likeness (QED) is 0.928. The lowest BCUT2D eigenvalue weighted by molar-refractivity contribution is -0.115. The van der Waals surface area contributed by atoms with E-state index in [1.807, 2.05) is 27.7 Å². The highest BCUT2D eigenvalue weighted by atomic mass is 35.5. The first-order valence-electron chi connectivity index (χ1n) is 6.78. The van der Waals surface area contributed by atoms with Crippen molar-refractivity contribution in [1.82, 2.24) is 4.98 Å². The number of hydrogen-bond donors (Lipinski definition) is 1. The van der Waals surface area contributed by atoms with Crippen LogP contribution in [0.1, 0.15) is 38.1 Å². The summed E-state index contributed by atoms with van der Waals surface area (Å²) in [6, 6.07) is 7.04. The molecule has 0 unspecified atom stereocenters. The topological polar surface area (TPSA) is 55.1 Å². The average molecular weight is 307 g/mol. The summed E-state index contributed by atoms with van der Waals surface area (Å²) in [6.07, 6.45) is 0.154. The number of benzene rings is 1. The van der Waals surface area contributed by atoms with E-state index in [0.29, 0.717) is 22.4 Å². The van der Waals surface area contributed by atoms with Crippen LogP contribution in [-0.2, 0) is 16.6 Å². The molecule has 4 nitrogen and oxygen atoms in total. The third kappa shape index (κ3) is 4.08. The Balaban J connectivity index is 2.08. The van der Waals surface area contributed by atoms with Crippen LogP contribution in [0.3, 0.4) is 0 Å². The van der Waals surface area contributed by atoms with E-state index in [2.05, 4.69) is 10.3 Å². The van der Waals surface area contributed by atoms with Crippen LogP contribution in [0, 0.1) is 6.92 Å². The second-order valence-corrected chi connectivity index (χ2v) is 6.45. The standard InChI is InChI=1S/C16H19ClN2O2/c1-10-13(21-15(18-10)16(2,3)4)9-14(20)19-12-7-5-6-11(17)8-12/h5-8H,9H2,1-4H3,(H,19,20). The molecule has 1 amide bonds. The molecule has 1 aromatic carbocycles. The van der Waals surface area contributed by atoms with Crippen LogP contribution in [0.4, 0.5) is 5.69 Å². The zero-order valence-electron chi connectivity index (χ0n) is 12.7. The fourth-order valence-corrected chi connectivity index (χ4v) is 2.02. The predicted octanol–water partition coefficient (Wildman–Crippen LogP) is 4.12. The first-order chi connectivity index (χ1) is 9.75. The fraction of sp³-hybridized carbons (Fsp3) is 0.375. The van der Waals surface area contributed by atoms with E-state index < -0.39 is 0 Å². The fourth-order valence-electron chi connectivity index (χ4n) is 1.83. The number of hydrogen-bond acceptors (Lipinski definition) is 3. The number of nitrogens with zero attached hydrogens (tertiary/aromatic N) is 1. The number of nitrogens with one attached hydrogen (secondary N) is 1. The molecule has 0 atom stereocenters. The smallest absolute Gasteiger partial charge is 0.232 e. The first-order valence-corrected chi connectivity index (χ1v) is 7.16. The molecule has 0 aliphatic heterocycles. The maximum absolute atomic E-state index is 12.1. The summed E-state index contributed by atoms with van der Waals surface area (Å²) in [6.45, 7) is 7.91. The summed E-state index contributed by atoms with van der Waals surface area (Å²) in [5.74, 6) is 1.09. The molecule has 0 aliphatic rings. The third-order valence-corrected chi connectivity index (χ3v) is 3.20. The number of halogens is 1. The van der Waals surface area contributed by atoms with Gasteiger partial charge < -0.3 is 9.73 Å². The van der Waals surface area contributed by atoms with Crippen LogP contribution in [-0.4, -0.2) is 10.9 Å². The van der Waals surface area contributed by atoms with Gasteiger partial charge in [0, 0.05) is 16.1 Å². The third-order valence-electron chi connectivity index (χ3n) is 2.96. The van der Waals surface area contributed by atoms with E-state index in [1.165, 1.54) is 0 Å². The second kappa shape index (κ2) is 5.90. The van der Waals surface area contributed by atoms with E-state index in [9.17, 15) is 4.79 Å². The van der Waals surface area contributed by atoms with Gasteiger partial charge in [-0.05, 0) is 25.1 Å². The summed E-state index contributed by atoms with van der Waals surface area (Å²) in [5, 5.41) is 3.38. The van der Waals surface area contributed by atoms with Gasteiger partial charge in [-0.3, -0.25) is 4.79 Å². The molecule has 21 heavy (non-hydrogen) atoms.